The van der Waals surface area contributed by atoms with Crippen molar-refractivity contribution in [2.24, 2.45) is 0 Å². The zero-order valence-corrected chi connectivity index (χ0v) is 15.6. The van der Waals surface area contributed by atoms with E-state index >= 15 is 0 Å². The third-order valence-corrected chi connectivity index (χ3v) is 4.10. The lowest BCUT2D eigenvalue weighted by atomic mass is 10.1. The molecule has 0 fully saturated rings. The van der Waals surface area contributed by atoms with E-state index in [0.717, 1.165) is 22.6 Å². The Kier molecular flexibility index (Phi) is 6.55. The first-order chi connectivity index (χ1) is 13.3. The quantitative estimate of drug-likeness (QED) is 0.551. The second kappa shape index (κ2) is 9.50. The summed E-state index contributed by atoms with van der Waals surface area (Å²) in [7, 11) is 3.30. The van der Waals surface area contributed by atoms with Crippen LogP contribution < -0.4 is 25.1 Å². The lowest BCUT2D eigenvalue weighted by Crippen LogP contribution is -2.20. The molecule has 0 saturated heterocycles. The van der Waals surface area contributed by atoms with E-state index in [1.807, 2.05) is 66.7 Å². The largest absolute Gasteiger partial charge is 0.496 e. The van der Waals surface area contributed by atoms with E-state index < -0.39 is 0 Å². The number of anilines is 1. The van der Waals surface area contributed by atoms with Crippen molar-refractivity contribution < 1.29 is 14.2 Å². The van der Waals surface area contributed by atoms with E-state index in [-0.39, 0.29) is 0 Å². The average Bonchev–Trinajstić information content (AvgIpc) is 2.73. The minimum atomic E-state index is 0.392. The zero-order valence-electron chi connectivity index (χ0n) is 15.6. The van der Waals surface area contributed by atoms with Gasteiger partial charge in [0.15, 0.2) is 11.5 Å². The van der Waals surface area contributed by atoms with E-state index in [0.29, 0.717) is 24.7 Å². The van der Waals surface area contributed by atoms with Gasteiger partial charge < -0.3 is 19.6 Å². The van der Waals surface area contributed by atoms with Crippen LogP contribution in [0.15, 0.2) is 72.8 Å². The molecule has 0 bridgehead atoms. The summed E-state index contributed by atoms with van der Waals surface area (Å²) in [6.07, 6.45) is 0. The number of hydrazine groups is 1. The Hall–Kier alpha value is -3.18. The first-order valence-corrected chi connectivity index (χ1v) is 8.75. The maximum Gasteiger partial charge on any atom is 0.161 e. The van der Waals surface area contributed by atoms with Gasteiger partial charge in [-0.15, -0.1) is 0 Å². The number of ether oxygens (including phenoxy) is 3. The number of para-hydroxylation sites is 3. The molecule has 5 heteroatoms. The van der Waals surface area contributed by atoms with E-state index in [9.17, 15) is 0 Å². The first kappa shape index (κ1) is 18.6. The molecule has 3 rings (SSSR count). The molecule has 2 N–H and O–H groups in total. The van der Waals surface area contributed by atoms with Gasteiger partial charge >= 0.3 is 0 Å². The molecule has 0 spiro atoms. The van der Waals surface area contributed by atoms with Gasteiger partial charge in [-0.3, -0.25) is 0 Å². The summed E-state index contributed by atoms with van der Waals surface area (Å²) in [5.41, 5.74) is 9.52. The summed E-state index contributed by atoms with van der Waals surface area (Å²) >= 11 is 0. The molecule has 27 heavy (non-hydrogen) atoms. The fourth-order valence-electron chi connectivity index (χ4n) is 2.72. The molecule has 5 nitrogen and oxygen atoms in total. The van der Waals surface area contributed by atoms with Gasteiger partial charge in [-0.05, 0) is 42.0 Å². The van der Waals surface area contributed by atoms with Gasteiger partial charge in [-0.2, -0.15) is 0 Å². The number of hydrogen-bond donors (Lipinski definition) is 2. The van der Waals surface area contributed by atoms with Crippen molar-refractivity contribution in [3.63, 3.8) is 0 Å². The molecule has 0 saturated carbocycles. The smallest absolute Gasteiger partial charge is 0.161 e. The van der Waals surface area contributed by atoms with Gasteiger partial charge in [0.2, 0.25) is 0 Å². The summed E-state index contributed by atoms with van der Waals surface area (Å²) in [6, 6.07) is 23.7. The van der Waals surface area contributed by atoms with Gasteiger partial charge in [0.25, 0.3) is 0 Å². The minimum absolute atomic E-state index is 0.392. The molecule has 3 aromatic rings. The number of nitrogens with one attached hydrogen (secondary N) is 2. The maximum absolute atomic E-state index is 5.94. The van der Waals surface area contributed by atoms with Gasteiger partial charge in [0.05, 0.1) is 14.2 Å². The van der Waals surface area contributed by atoms with E-state index in [1.165, 1.54) is 0 Å². The van der Waals surface area contributed by atoms with Crippen LogP contribution in [0, 0.1) is 0 Å². The predicted octanol–water partition coefficient (Wildman–Crippen LogP) is 4.40. The van der Waals surface area contributed by atoms with Gasteiger partial charge in [0, 0.05) is 17.8 Å². The third-order valence-electron chi connectivity index (χ3n) is 4.10. The molecule has 0 unspecified atom stereocenters. The molecule has 0 heterocycles. The highest BCUT2D eigenvalue weighted by Crippen LogP contribution is 2.28. The molecular formula is C22H24N2O3. The van der Waals surface area contributed by atoms with Crippen LogP contribution in [0.1, 0.15) is 11.1 Å². The SMILES string of the molecule is COc1ccc(CNNc2ccccc2)cc1COc1ccccc1OC. The fourth-order valence-corrected chi connectivity index (χ4v) is 2.72. The van der Waals surface area contributed by atoms with Crippen LogP contribution in [0.4, 0.5) is 5.69 Å². The second-order valence-corrected chi connectivity index (χ2v) is 5.93. The molecule has 0 aromatic heterocycles. The predicted molar refractivity (Wildman–Crippen MR) is 107 cm³/mol. The van der Waals surface area contributed by atoms with E-state index in [2.05, 4.69) is 16.9 Å². The van der Waals surface area contributed by atoms with Crippen LogP contribution in [-0.2, 0) is 13.2 Å². The van der Waals surface area contributed by atoms with Crippen molar-refractivity contribution in [3.05, 3.63) is 83.9 Å². The second-order valence-electron chi connectivity index (χ2n) is 5.93. The minimum Gasteiger partial charge on any atom is -0.496 e. The molecule has 0 radical (unpaired) electrons. The topological polar surface area (TPSA) is 51.8 Å². The highest BCUT2D eigenvalue weighted by atomic mass is 16.5. The van der Waals surface area contributed by atoms with Crippen molar-refractivity contribution in [2.75, 3.05) is 19.6 Å². The molecule has 0 aliphatic heterocycles. The van der Waals surface area contributed by atoms with Crippen LogP contribution in [0.25, 0.3) is 0 Å². The summed E-state index contributed by atoms with van der Waals surface area (Å²) in [5, 5.41) is 0. The van der Waals surface area contributed by atoms with Crippen LogP contribution >= 0.6 is 0 Å². The third kappa shape index (κ3) is 5.15. The van der Waals surface area contributed by atoms with Gasteiger partial charge in [-0.1, -0.05) is 36.4 Å². The van der Waals surface area contributed by atoms with Crippen molar-refractivity contribution in [3.8, 4) is 17.2 Å². The molecule has 0 amide bonds. The summed E-state index contributed by atoms with van der Waals surface area (Å²) in [5.74, 6) is 2.21. The Balaban J connectivity index is 1.64. The Morgan fingerprint density at radius 3 is 2.19 bits per heavy atom. The summed E-state index contributed by atoms with van der Waals surface area (Å²) < 4.78 is 16.8. The number of hydrogen-bond acceptors (Lipinski definition) is 5. The summed E-state index contributed by atoms with van der Waals surface area (Å²) in [6.45, 7) is 1.06. The highest BCUT2D eigenvalue weighted by molar-refractivity contribution is 5.42. The molecule has 0 atom stereocenters. The average molecular weight is 364 g/mol. The van der Waals surface area contributed by atoms with Crippen molar-refractivity contribution in [1.29, 1.82) is 0 Å². The van der Waals surface area contributed by atoms with Gasteiger partial charge in [0.1, 0.15) is 12.4 Å². The van der Waals surface area contributed by atoms with Gasteiger partial charge in [-0.25, -0.2) is 5.43 Å². The normalized spacial score (nSPS) is 10.3. The van der Waals surface area contributed by atoms with Crippen LogP contribution in [-0.4, -0.2) is 14.2 Å². The van der Waals surface area contributed by atoms with Crippen molar-refractivity contribution in [1.82, 2.24) is 5.43 Å². The highest BCUT2D eigenvalue weighted by Gasteiger charge is 2.08. The standard InChI is InChI=1S/C22H24N2O3/c1-25-20-13-12-17(15-23-24-19-8-4-3-5-9-19)14-18(20)16-27-22-11-7-6-10-21(22)26-2/h3-14,23-24H,15-16H2,1-2H3. The Labute approximate surface area is 159 Å². The van der Waals surface area contributed by atoms with Crippen molar-refractivity contribution >= 4 is 5.69 Å². The lowest BCUT2D eigenvalue weighted by molar-refractivity contribution is 0.278. The summed E-state index contributed by atoms with van der Waals surface area (Å²) in [4.78, 5) is 0. The van der Waals surface area contributed by atoms with E-state index in [4.69, 9.17) is 14.2 Å². The molecule has 0 aliphatic carbocycles. The maximum atomic E-state index is 5.94. The number of rotatable bonds is 9. The Bertz CT molecular complexity index is 853. The Morgan fingerprint density at radius 1 is 0.741 bits per heavy atom. The van der Waals surface area contributed by atoms with Crippen LogP contribution in [0.3, 0.4) is 0 Å². The molecule has 0 aliphatic rings. The Morgan fingerprint density at radius 2 is 1.44 bits per heavy atom. The zero-order chi connectivity index (χ0) is 18.9. The molecular weight excluding hydrogens is 340 g/mol. The number of methoxy groups -OCH3 is 2. The first-order valence-electron chi connectivity index (χ1n) is 8.75. The van der Waals surface area contributed by atoms with Crippen LogP contribution in [0.5, 0.6) is 17.2 Å². The fraction of sp³-hybridized carbons (Fsp3) is 0.182. The van der Waals surface area contributed by atoms with Crippen LogP contribution in [0.2, 0.25) is 0 Å². The monoisotopic (exact) mass is 364 g/mol. The van der Waals surface area contributed by atoms with E-state index in [1.54, 1.807) is 14.2 Å². The number of benzene rings is 3. The van der Waals surface area contributed by atoms with Crippen molar-refractivity contribution in [2.45, 2.75) is 13.2 Å². The molecule has 140 valence electrons. The molecule has 3 aromatic carbocycles. The lowest BCUT2D eigenvalue weighted by Gasteiger charge is -2.14.